The first-order chi connectivity index (χ1) is 15.1. The van der Waals surface area contributed by atoms with Crippen LogP contribution in [0.4, 0.5) is 23.1 Å². The molecule has 0 amide bonds. The summed E-state index contributed by atoms with van der Waals surface area (Å²) in [6.45, 7) is 1.92. The molecule has 0 saturated carbocycles. The van der Waals surface area contributed by atoms with Crippen molar-refractivity contribution in [2.24, 2.45) is 7.05 Å². The zero-order valence-electron chi connectivity index (χ0n) is 17.3. The van der Waals surface area contributed by atoms with Crippen molar-refractivity contribution in [2.45, 2.75) is 6.92 Å². The topological polar surface area (TPSA) is 114 Å². The summed E-state index contributed by atoms with van der Waals surface area (Å²) >= 11 is 0. The molecule has 0 bridgehead atoms. The van der Waals surface area contributed by atoms with E-state index in [2.05, 4.69) is 36.8 Å². The number of nitriles is 1. The molecule has 2 aromatic carbocycles. The van der Waals surface area contributed by atoms with Gasteiger partial charge in [-0.25, -0.2) is 9.97 Å². The van der Waals surface area contributed by atoms with E-state index in [9.17, 15) is 0 Å². The van der Waals surface area contributed by atoms with Crippen LogP contribution in [-0.4, -0.2) is 31.8 Å². The van der Waals surface area contributed by atoms with Crippen molar-refractivity contribution >= 4 is 23.1 Å². The van der Waals surface area contributed by atoms with Gasteiger partial charge in [-0.15, -0.1) is 0 Å². The van der Waals surface area contributed by atoms with Crippen molar-refractivity contribution in [1.82, 2.24) is 24.7 Å². The molecule has 0 saturated heterocycles. The maximum absolute atomic E-state index is 8.94. The van der Waals surface area contributed by atoms with Crippen LogP contribution in [0, 0.1) is 18.3 Å². The van der Waals surface area contributed by atoms with E-state index in [0.29, 0.717) is 28.9 Å². The standard InChI is InChI=1S/C22H20N8O/c1-14-12-24-22(26-16-9-7-15(11-23)8-10-16)28-20(14)27-18-6-4-5-17(19(18)31-3)21-25-13-30(2)29-21/h4-10,12-13H,1-3H3,(H2,24,26,27,28). The third-order valence-electron chi connectivity index (χ3n) is 4.55. The molecule has 4 aromatic rings. The minimum absolute atomic E-state index is 0.430. The smallest absolute Gasteiger partial charge is 0.229 e. The second-order valence-corrected chi connectivity index (χ2v) is 6.79. The number of hydrogen-bond acceptors (Lipinski definition) is 8. The minimum atomic E-state index is 0.430. The minimum Gasteiger partial charge on any atom is -0.494 e. The first-order valence-electron chi connectivity index (χ1n) is 9.48. The molecule has 0 aliphatic heterocycles. The summed E-state index contributed by atoms with van der Waals surface area (Å²) in [6, 6.07) is 14.9. The SMILES string of the molecule is COc1c(Nc2nc(Nc3ccc(C#N)cc3)ncc2C)cccc1-c1ncn(C)n1. The Morgan fingerprint density at radius 3 is 2.55 bits per heavy atom. The van der Waals surface area contributed by atoms with Gasteiger partial charge in [0.15, 0.2) is 11.6 Å². The Morgan fingerprint density at radius 2 is 1.87 bits per heavy atom. The average Bonchev–Trinajstić information content (AvgIpc) is 3.22. The number of aromatic nitrogens is 5. The van der Waals surface area contributed by atoms with Crippen LogP contribution in [0.3, 0.4) is 0 Å². The molecule has 0 aliphatic carbocycles. The Balaban J connectivity index is 1.63. The van der Waals surface area contributed by atoms with Gasteiger partial charge in [-0.2, -0.15) is 15.3 Å². The zero-order chi connectivity index (χ0) is 21.8. The molecule has 0 aliphatic rings. The average molecular weight is 412 g/mol. The summed E-state index contributed by atoms with van der Waals surface area (Å²) in [5.74, 6) is 2.26. The van der Waals surface area contributed by atoms with Gasteiger partial charge in [0.05, 0.1) is 30.0 Å². The van der Waals surface area contributed by atoms with Gasteiger partial charge in [0.1, 0.15) is 12.1 Å². The molecule has 2 N–H and O–H groups in total. The Morgan fingerprint density at radius 1 is 1.06 bits per heavy atom. The Labute approximate surface area is 179 Å². The number of methoxy groups -OCH3 is 1. The van der Waals surface area contributed by atoms with Crippen molar-refractivity contribution in [2.75, 3.05) is 17.7 Å². The summed E-state index contributed by atoms with van der Waals surface area (Å²) in [5, 5.41) is 19.8. The van der Waals surface area contributed by atoms with E-state index in [1.807, 2.05) is 32.2 Å². The maximum Gasteiger partial charge on any atom is 0.229 e. The van der Waals surface area contributed by atoms with Crippen molar-refractivity contribution in [3.05, 3.63) is 66.1 Å². The number of nitrogens with zero attached hydrogens (tertiary/aromatic N) is 6. The van der Waals surface area contributed by atoms with Gasteiger partial charge in [0.2, 0.25) is 5.95 Å². The van der Waals surface area contributed by atoms with E-state index >= 15 is 0 Å². The monoisotopic (exact) mass is 412 g/mol. The van der Waals surface area contributed by atoms with Gasteiger partial charge in [0, 0.05) is 24.5 Å². The predicted molar refractivity (Wildman–Crippen MR) is 117 cm³/mol. The highest BCUT2D eigenvalue weighted by atomic mass is 16.5. The number of benzene rings is 2. The van der Waals surface area contributed by atoms with Crippen molar-refractivity contribution in [3.63, 3.8) is 0 Å². The van der Waals surface area contributed by atoms with Crippen LogP contribution in [-0.2, 0) is 7.05 Å². The number of rotatable bonds is 6. The molecule has 0 unspecified atom stereocenters. The van der Waals surface area contributed by atoms with Crippen molar-refractivity contribution in [1.29, 1.82) is 5.26 Å². The lowest BCUT2D eigenvalue weighted by molar-refractivity contribution is 0.418. The lowest BCUT2D eigenvalue weighted by Crippen LogP contribution is -2.04. The number of aryl methyl sites for hydroxylation is 2. The lowest BCUT2D eigenvalue weighted by Gasteiger charge is -2.15. The highest BCUT2D eigenvalue weighted by Crippen LogP contribution is 2.36. The van der Waals surface area contributed by atoms with Gasteiger partial charge in [0.25, 0.3) is 0 Å². The molecule has 0 atom stereocenters. The second-order valence-electron chi connectivity index (χ2n) is 6.79. The van der Waals surface area contributed by atoms with E-state index in [1.54, 1.807) is 48.6 Å². The fraction of sp³-hybridized carbons (Fsp3) is 0.136. The van der Waals surface area contributed by atoms with Crippen LogP contribution in [0.1, 0.15) is 11.1 Å². The Bertz CT molecular complexity index is 1260. The van der Waals surface area contributed by atoms with Gasteiger partial charge < -0.3 is 15.4 Å². The molecule has 0 spiro atoms. The van der Waals surface area contributed by atoms with Crippen LogP contribution >= 0.6 is 0 Å². The molecular formula is C22H20N8O. The molecule has 154 valence electrons. The number of hydrogen-bond donors (Lipinski definition) is 2. The molecule has 31 heavy (non-hydrogen) atoms. The molecule has 2 heterocycles. The van der Waals surface area contributed by atoms with E-state index in [1.165, 1.54) is 0 Å². The van der Waals surface area contributed by atoms with E-state index in [0.717, 1.165) is 22.5 Å². The lowest BCUT2D eigenvalue weighted by atomic mass is 10.1. The van der Waals surface area contributed by atoms with E-state index < -0.39 is 0 Å². The highest BCUT2D eigenvalue weighted by Gasteiger charge is 2.15. The van der Waals surface area contributed by atoms with Crippen molar-refractivity contribution < 1.29 is 4.74 Å². The molecule has 0 radical (unpaired) electrons. The third kappa shape index (κ3) is 4.28. The molecule has 2 aromatic heterocycles. The molecule has 0 fully saturated rings. The van der Waals surface area contributed by atoms with Crippen LogP contribution in [0.2, 0.25) is 0 Å². The predicted octanol–water partition coefficient (Wildman–Crippen LogP) is 3.95. The second kappa shape index (κ2) is 8.51. The van der Waals surface area contributed by atoms with Crippen LogP contribution in [0.5, 0.6) is 5.75 Å². The number of anilines is 4. The number of ether oxygens (including phenoxy) is 1. The Kier molecular flexibility index (Phi) is 5.45. The maximum atomic E-state index is 8.94. The molecule has 9 nitrogen and oxygen atoms in total. The van der Waals surface area contributed by atoms with Gasteiger partial charge in [-0.05, 0) is 43.3 Å². The van der Waals surface area contributed by atoms with Gasteiger partial charge >= 0.3 is 0 Å². The van der Waals surface area contributed by atoms with Crippen LogP contribution < -0.4 is 15.4 Å². The summed E-state index contributed by atoms with van der Waals surface area (Å²) in [7, 11) is 3.43. The zero-order valence-corrected chi connectivity index (χ0v) is 17.3. The van der Waals surface area contributed by atoms with Gasteiger partial charge in [-0.3, -0.25) is 4.68 Å². The first-order valence-corrected chi connectivity index (χ1v) is 9.48. The normalized spacial score (nSPS) is 10.4. The number of nitrogens with one attached hydrogen (secondary N) is 2. The summed E-state index contributed by atoms with van der Waals surface area (Å²) in [6.07, 6.45) is 3.38. The van der Waals surface area contributed by atoms with Crippen LogP contribution in [0.25, 0.3) is 11.4 Å². The molecule has 4 rings (SSSR count). The third-order valence-corrected chi connectivity index (χ3v) is 4.55. The van der Waals surface area contributed by atoms with Crippen LogP contribution in [0.15, 0.2) is 55.0 Å². The molecule has 9 heteroatoms. The van der Waals surface area contributed by atoms with E-state index in [4.69, 9.17) is 10.00 Å². The molecular weight excluding hydrogens is 392 g/mol. The summed E-state index contributed by atoms with van der Waals surface area (Å²) in [5.41, 5.74) is 3.75. The summed E-state index contributed by atoms with van der Waals surface area (Å²) < 4.78 is 7.31. The Hall–Kier alpha value is -4.45. The quantitative estimate of drug-likeness (QED) is 0.489. The fourth-order valence-corrected chi connectivity index (χ4v) is 3.01. The van der Waals surface area contributed by atoms with Crippen molar-refractivity contribution in [3.8, 4) is 23.2 Å². The van der Waals surface area contributed by atoms with Gasteiger partial charge in [-0.1, -0.05) is 6.07 Å². The number of para-hydroxylation sites is 1. The summed E-state index contributed by atoms with van der Waals surface area (Å²) in [4.78, 5) is 13.3. The first kappa shape index (κ1) is 19.8. The highest BCUT2D eigenvalue weighted by molar-refractivity contribution is 5.77. The fourth-order valence-electron chi connectivity index (χ4n) is 3.01. The largest absolute Gasteiger partial charge is 0.494 e. The van der Waals surface area contributed by atoms with E-state index in [-0.39, 0.29) is 0 Å².